The van der Waals surface area contributed by atoms with Gasteiger partial charge in [0.2, 0.25) is 5.88 Å². The summed E-state index contributed by atoms with van der Waals surface area (Å²) < 4.78 is 59.6. The first-order chi connectivity index (χ1) is 21.8. The van der Waals surface area contributed by atoms with Crippen LogP contribution < -0.4 is 4.74 Å². The first-order valence-electron chi connectivity index (χ1n) is 13.6. The Morgan fingerprint density at radius 3 is 2.60 bits per heavy atom. The van der Waals surface area contributed by atoms with Gasteiger partial charge in [0.05, 0.1) is 35.8 Å². The van der Waals surface area contributed by atoms with Gasteiger partial charge in [0.1, 0.15) is 29.6 Å². The summed E-state index contributed by atoms with van der Waals surface area (Å²) in [7, 11) is 1.47. The van der Waals surface area contributed by atoms with Gasteiger partial charge >= 0.3 is 5.97 Å². The van der Waals surface area contributed by atoms with E-state index >= 15 is 8.78 Å². The van der Waals surface area contributed by atoms with Crippen molar-refractivity contribution in [2.75, 3.05) is 13.7 Å². The lowest BCUT2D eigenvalue weighted by atomic mass is 10.0. The molecule has 0 saturated carbocycles. The van der Waals surface area contributed by atoms with E-state index in [4.69, 9.17) is 9.47 Å². The molecule has 6 rings (SSSR count). The van der Waals surface area contributed by atoms with Gasteiger partial charge in [-0.2, -0.15) is 0 Å². The average molecular weight is 616 g/mol. The van der Waals surface area contributed by atoms with Crippen molar-refractivity contribution >= 4 is 17.0 Å². The Bertz CT molecular complexity index is 2000. The van der Waals surface area contributed by atoms with Gasteiger partial charge in [0, 0.05) is 43.5 Å². The molecule has 0 amide bonds. The lowest BCUT2D eigenvalue weighted by molar-refractivity contribution is 0.0696. The minimum absolute atomic E-state index is 0.0293. The number of carbonyl (C=O) groups is 1. The minimum Gasteiger partial charge on any atom is -0.478 e. The summed E-state index contributed by atoms with van der Waals surface area (Å²) in [5, 5.41) is 17.0. The molecule has 0 fully saturated rings. The Labute approximate surface area is 253 Å². The average Bonchev–Trinajstić information content (AvgIpc) is 3.70. The molecule has 11 nitrogen and oxygen atoms in total. The monoisotopic (exact) mass is 615 g/mol. The van der Waals surface area contributed by atoms with Crippen molar-refractivity contribution in [1.82, 2.24) is 34.5 Å². The number of ether oxygens (including phenoxy) is 2. The number of methoxy groups -OCH3 is 1. The molecule has 1 N–H and O–H groups in total. The summed E-state index contributed by atoms with van der Waals surface area (Å²) in [6, 6.07) is 12.6. The Morgan fingerprint density at radius 2 is 1.87 bits per heavy atom. The van der Waals surface area contributed by atoms with Crippen molar-refractivity contribution in [3.63, 3.8) is 0 Å². The van der Waals surface area contributed by atoms with Gasteiger partial charge < -0.3 is 19.1 Å². The Balaban J connectivity index is 1.23. The van der Waals surface area contributed by atoms with E-state index in [1.807, 2.05) is 6.07 Å². The van der Waals surface area contributed by atoms with Gasteiger partial charge in [-0.25, -0.2) is 37.6 Å². The number of aromatic carboxylic acids is 1. The third-order valence-corrected chi connectivity index (χ3v) is 6.99. The molecule has 4 heterocycles. The second kappa shape index (κ2) is 12.5. The summed E-state index contributed by atoms with van der Waals surface area (Å²) in [4.78, 5) is 24.5. The summed E-state index contributed by atoms with van der Waals surface area (Å²) in [6.45, 7) is 0.517. The molecule has 228 valence electrons. The highest BCUT2D eigenvalue weighted by atomic mass is 19.1. The number of carboxylic acid groups (broad SMARTS) is 1. The first kappa shape index (κ1) is 29.4. The molecular formula is C31H24F3N7O4. The molecule has 0 radical (unpaired) electrons. The van der Waals surface area contributed by atoms with E-state index in [9.17, 15) is 14.3 Å². The number of rotatable bonds is 11. The van der Waals surface area contributed by atoms with E-state index in [1.54, 1.807) is 41.4 Å². The van der Waals surface area contributed by atoms with E-state index in [0.717, 1.165) is 23.8 Å². The second-order valence-corrected chi connectivity index (χ2v) is 9.93. The van der Waals surface area contributed by atoms with Crippen LogP contribution in [-0.2, 0) is 24.3 Å². The van der Waals surface area contributed by atoms with Crippen LogP contribution >= 0.6 is 0 Å². The van der Waals surface area contributed by atoms with Gasteiger partial charge in [-0.05, 0) is 42.0 Å². The van der Waals surface area contributed by atoms with E-state index in [2.05, 4.69) is 25.3 Å². The molecule has 0 saturated heterocycles. The van der Waals surface area contributed by atoms with Crippen molar-refractivity contribution in [3.05, 3.63) is 113 Å². The predicted molar refractivity (Wildman–Crippen MR) is 154 cm³/mol. The van der Waals surface area contributed by atoms with Crippen molar-refractivity contribution in [2.45, 2.75) is 19.6 Å². The Morgan fingerprint density at radius 1 is 1.00 bits per heavy atom. The number of carboxylic acids is 1. The number of nitrogens with zero attached hydrogens (tertiary/aromatic N) is 7. The molecule has 2 aromatic carbocycles. The maximum atomic E-state index is 15.4. The SMILES string of the molecule is COCCn1c(Cc2cc(F)c(-c3cccc(OCc4ccc(-n5ccnn5)nc4)n3)cc2F)nc2c(F)cc(C(=O)O)cc21. The number of imidazole rings is 1. The molecule has 4 aromatic heterocycles. The number of hydrogen-bond donors (Lipinski definition) is 1. The third kappa shape index (κ3) is 6.21. The van der Waals surface area contributed by atoms with E-state index in [1.165, 1.54) is 23.9 Å². The quantitative estimate of drug-likeness (QED) is 0.214. The fraction of sp³-hybridized carbons (Fsp3) is 0.161. The van der Waals surface area contributed by atoms with Crippen LogP contribution in [0.15, 0.2) is 73.2 Å². The molecule has 6 aromatic rings. The van der Waals surface area contributed by atoms with Crippen LogP contribution in [0.1, 0.15) is 27.3 Å². The molecule has 0 atom stereocenters. The lowest BCUT2D eigenvalue weighted by Gasteiger charge is -2.12. The molecule has 0 aliphatic heterocycles. The van der Waals surface area contributed by atoms with Crippen LogP contribution in [0.3, 0.4) is 0 Å². The Hall–Kier alpha value is -5.63. The van der Waals surface area contributed by atoms with E-state index < -0.39 is 23.4 Å². The summed E-state index contributed by atoms with van der Waals surface area (Å²) in [5.74, 6) is -2.60. The maximum Gasteiger partial charge on any atom is 0.335 e. The maximum absolute atomic E-state index is 15.4. The Kier molecular flexibility index (Phi) is 8.20. The molecule has 0 bridgehead atoms. The van der Waals surface area contributed by atoms with Gasteiger partial charge in [0.25, 0.3) is 0 Å². The number of halogens is 3. The van der Waals surface area contributed by atoms with Crippen LogP contribution in [0.4, 0.5) is 13.2 Å². The molecule has 0 aliphatic carbocycles. The standard InChI is InChI=1S/C31H24F3N7O4/c1-44-10-9-40-26-13-20(31(42)43)12-24(34)30(26)38-28(40)14-19-11-23(33)21(15-22(19)32)25-3-2-4-29(37-25)45-17-18-5-6-27(35-16-18)41-8-7-36-39-41/h2-8,11-13,15-16H,9-10,14,17H2,1H3,(H,42,43). The zero-order chi connectivity index (χ0) is 31.5. The molecule has 0 unspecified atom stereocenters. The van der Waals surface area contributed by atoms with Gasteiger partial charge in [-0.15, -0.1) is 5.10 Å². The molecule has 0 spiro atoms. The zero-order valence-corrected chi connectivity index (χ0v) is 23.7. The molecule has 0 aliphatic rings. The van der Waals surface area contributed by atoms with Crippen molar-refractivity contribution in [1.29, 1.82) is 0 Å². The normalized spacial score (nSPS) is 11.3. The van der Waals surface area contributed by atoms with Crippen LogP contribution in [-0.4, -0.2) is 59.3 Å². The number of fused-ring (bicyclic) bond motifs is 1. The fourth-order valence-corrected chi connectivity index (χ4v) is 4.78. The van der Waals surface area contributed by atoms with Crippen molar-refractivity contribution in [2.24, 2.45) is 0 Å². The topological polar surface area (TPSA) is 130 Å². The number of hydrogen-bond acceptors (Lipinski definition) is 8. The van der Waals surface area contributed by atoms with Gasteiger partial charge in [-0.3, -0.25) is 0 Å². The van der Waals surface area contributed by atoms with Crippen LogP contribution in [0.5, 0.6) is 5.88 Å². The highest BCUT2D eigenvalue weighted by molar-refractivity contribution is 5.92. The highest BCUT2D eigenvalue weighted by Crippen LogP contribution is 2.29. The van der Waals surface area contributed by atoms with Crippen LogP contribution in [0.25, 0.3) is 28.1 Å². The molecular weight excluding hydrogens is 591 g/mol. The van der Waals surface area contributed by atoms with E-state index in [-0.39, 0.29) is 71.3 Å². The minimum atomic E-state index is -1.31. The molecule has 14 heteroatoms. The van der Waals surface area contributed by atoms with Gasteiger partial charge in [-0.1, -0.05) is 17.3 Å². The largest absolute Gasteiger partial charge is 0.478 e. The molecule has 45 heavy (non-hydrogen) atoms. The second-order valence-electron chi connectivity index (χ2n) is 9.93. The van der Waals surface area contributed by atoms with Crippen LogP contribution in [0, 0.1) is 17.5 Å². The highest BCUT2D eigenvalue weighted by Gasteiger charge is 2.20. The summed E-state index contributed by atoms with van der Waals surface area (Å²) in [6.07, 6.45) is 4.64. The predicted octanol–water partition coefficient (Wildman–Crippen LogP) is 5.01. The lowest BCUT2D eigenvalue weighted by Crippen LogP contribution is -2.10. The summed E-state index contributed by atoms with van der Waals surface area (Å²) in [5.41, 5.74) is 0.674. The van der Waals surface area contributed by atoms with Crippen LogP contribution in [0.2, 0.25) is 0 Å². The smallest absolute Gasteiger partial charge is 0.335 e. The van der Waals surface area contributed by atoms with E-state index in [0.29, 0.717) is 5.82 Å². The summed E-state index contributed by atoms with van der Waals surface area (Å²) >= 11 is 0. The van der Waals surface area contributed by atoms with Gasteiger partial charge in [0.15, 0.2) is 11.6 Å². The number of pyridine rings is 2. The first-order valence-corrected chi connectivity index (χ1v) is 13.6. The van der Waals surface area contributed by atoms with Crippen molar-refractivity contribution < 1.29 is 32.5 Å². The fourth-order valence-electron chi connectivity index (χ4n) is 4.78. The number of aromatic nitrogens is 7. The zero-order valence-electron chi connectivity index (χ0n) is 23.7. The van der Waals surface area contributed by atoms with Crippen molar-refractivity contribution in [3.8, 4) is 23.0 Å². The number of benzene rings is 2. The third-order valence-electron chi connectivity index (χ3n) is 6.99.